The van der Waals surface area contributed by atoms with E-state index < -0.39 is 5.82 Å². The Kier molecular flexibility index (Phi) is 4.70. The quantitative estimate of drug-likeness (QED) is 0.833. The Balaban J connectivity index is 2.21. The predicted octanol–water partition coefficient (Wildman–Crippen LogP) is 2.73. The molecular formula is C17H14FNO2. The summed E-state index contributed by atoms with van der Waals surface area (Å²) in [4.78, 5) is 12.1. The lowest BCUT2D eigenvalue weighted by Gasteiger charge is -2.07. The molecule has 0 aliphatic heterocycles. The van der Waals surface area contributed by atoms with Gasteiger partial charge in [0, 0.05) is 11.1 Å². The lowest BCUT2D eigenvalue weighted by Crippen LogP contribution is -2.13. The molecular weight excluding hydrogens is 269 g/mol. The first-order valence-electron chi connectivity index (χ1n) is 6.38. The van der Waals surface area contributed by atoms with Gasteiger partial charge in [-0.25, -0.2) is 4.39 Å². The van der Waals surface area contributed by atoms with Crippen molar-refractivity contribution in [3.63, 3.8) is 0 Å². The van der Waals surface area contributed by atoms with E-state index in [0.29, 0.717) is 5.56 Å². The van der Waals surface area contributed by atoms with E-state index in [4.69, 9.17) is 5.11 Å². The minimum absolute atomic E-state index is 0.143. The molecule has 0 aliphatic carbocycles. The highest BCUT2D eigenvalue weighted by atomic mass is 19.1. The van der Waals surface area contributed by atoms with Crippen LogP contribution < -0.4 is 5.32 Å². The normalized spacial score (nSPS) is 9.67. The third-order valence-electron chi connectivity index (χ3n) is 2.91. The molecule has 0 radical (unpaired) electrons. The summed E-state index contributed by atoms with van der Waals surface area (Å²) in [5, 5.41) is 11.2. The van der Waals surface area contributed by atoms with Crippen LogP contribution in [0.1, 0.15) is 21.5 Å². The zero-order valence-electron chi connectivity index (χ0n) is 11.5. The molecule has 106 valence electrons. The molecule has 0 spiro atoms. The van der Waals surface area contributed by atoms with Crippen molar-refractivity contribution in [1.29, 1.82) is 0 Å². The first-order valence-corrected chi connectivity index (χ1v) is 6.38. The first-order chi connectivity index (χ1) is 10.1. The molecule has 0 fully saturated rings. The number of halogens is 1. The summed E-state index contributed by atoms with van der Waals surface area (Å²) in [6.45, 7) is 1.61. The van der Waals surface area contributed by atoms with Crippen molar-refractivity contribution in [2.45, 2.75) is 6.92 Å². The van der Waals surface area contributed by atoms with Gasteiger partial charge in [-0.05, 0) is 42.8 Å². The summed E-state index contributed by atoms with van der Waals surface area (Å²) in [6, 6.07) is 11.0. The number of rotatable bonds is 2. The molecule has 2 rings (SSSR count). The molecule has 2 N–H and O–H groups in total. The van der Waals surface area contributed by atoms with Gasteiger partial charge in [0.1, 0.15) is 12.4 Å². The zero-order valence-corrected chi connectivity index (χ0v) is 11.5. The fourth-order valence-corrected chi connectivity index (χ4v) is 1.84. The third kappa shape index (κ3) is 3.68. The average molecular weight is 283 g/mol. The van der Waals surface area contributed by atoms with Crippen molar-refractivity contribution in [1.82, 2.24) is 0 Å². The number of carbonyl (C=O) groups excluding carboxylic acids is 1. The van der Waals surface area contributed by atoms with E-state index in [1.54, 1.807) is 30.3 Å². The molecule has 2 aromatic carbocycles. The molecule has 0 aromatic heterocycles. The molecule has 0 unspecified atom stereocenters. The van der Waals surface area contributed by atoms with Crippen LogP contribution >= 0.6 is 0 Å². The van der Waals surface area contributed by atoms with Crippen molar-refractivity contribution >= 4 is 11.6 Å². The van der Waals surface area contributed by atoms with Gasteiger partial charge in [0.15, 0.2) is 0 Å². The summed E-state index contributed by atoms with van der Waals surface area (Å²) < 4.78 is 13.5. The fraction of sp³-hybridized carbons (Fsp3) is 0.118. The largest absolute Gasteiger partial charge is 0.384 e. The smallest absolute Gasteiger partial charge is 0.255 e. The molecule has 2 aromatic rings. The highest BCUT2D eigenvalue weighted by molar-refractivity contribution is 6.04. The third-order valence-corrected chi connectivity index (χ3v) is 2.91. The Morgan fingerprint density at radius 2 is 2.05 bits per heavy atom. The number of benzene rings is 2. The molecule has 3 nitrogen and oxygen atoms in total. The number of nitrogens with one attached hydrogen (secondary N) is 1. The molecule has 0 atom stereocenters. The van der Waals surface area contributed by atoms with Crippen LogP contribution in [0.2, 0.25) is 0 Å². The van der Waals surface area contributed by atoms with E-state index in [0.717, 1.165) is 11.1 Å². The Labute approximate surface area is 122 Å². The van der Waals surface area contributed by atoms with Gasteiger partial charge < -0.3 is 10.4 Å². The van der Waals surface area contributed by atoms with E-state index in [2.05, 4.69) is 17.2 Å². The second-order valence-corrected chi connectivity index (χ2v) is 4.42. The maximum atomic E-state index is 13.5. The highest BCUT2D eigenvalue weighted by Crippen LogP contribution is 2.15. The van der Waals surface area contributed by atoms with E-state index in [1.165, 1.54) is 12.1 Å². The highest BCUT2D eigenvalue weighted by Gasteiger charge is 2.09. The number of carbonyl (C=O) groups is 1. The van der Waals surface area contributed by atoms with Gasteiger partial charge in [-0.3, -0.25) is 4.79 Å². The Hall–Kier alpha value is -2.64. The lowest BCUT2D eigenvalue weighted by atomic mass is 10.0. The molecule has 0 bridgehead atoms. The molecule has 4 heteroatoms. The minimum atomic E-state index is -0.479. The van der Waals surface area contributed by atoms with Gasteiger partial charge in [0.2, 0.25) is 0 Å². The van der Waals surface area contributed by atoms with Gasteiger partial charge in [-0.15, -0.1) is 0 Å². The summed E-state index contributed by atoms with van der Waals surface area (Å²) >= 11 is 0. The molecule has 1 amide bonds. The number of aliphatic hydroxyl groups is 1. The van der Waals surface area contributed by atoms with Gasteiger partial charge in [-0.1, -0.05) is 24.0 Å². The number of para-hydroxylation sites is 1. The summed E-state index contributed by atoms with van der Waals surface area (Å²) in [7, 11) is 0. The van der Waals surface area contributed by atoms with Gasteiger partial charge >= 0.3 is 0 Å². The van der Waals surface area contributed by atoms with Crippen LogP contribution in [0.25, 0.3) is 0 Å². The number of hydrogen-bond donors (Lipinski definition) is 2. The average Bonchev–Trinajstić information content (AvgIpc) is 2.48. The number of amides is 1. The second-order valence-electron chi connectivity index (χ2n) is 4.42. The molecule has 0 heterocycles. The minimum Gasteiger partial charge on any atom is -0.384 e. The Bertz CT molecular complexity index is 729. The summed E-state index contributed by atoms with van der Waals surface area (Å²) in [5.41, 5.74) is 2.12. The van der Waals surface area contributed by atoms with Crippen molar-refractivity contribution in [2.75, 3.05) is 11.9 Å². The van der Waals surface area contributed by atoms with Crippen LogP contribution in [0, 0.1) is 24.6 Å². The zero-order chi connectivity index (χ0) is 15.2. The SMILES string of the molecule is Cc1cc(C(=O)Nc2ccccc2F)ccc1C#CCO. The van der Waals surface area contributed by atoms with Crippen LogP contribution in [-0.4, -0.2) is 17.6 Å². The topological polar surface area (TPSA) is 49.3 Å². The van der Waals surface area contributed by atoms with Crippen molar-refractivity contribution < 1.29 is 14.3 Å². The number of anilines is 1. The number of hydrogen-bond acceptors (Lipinski definition) is 2. The van der Waals surface area contributed by atoms with Gasteiger partial charge in [0.05, 0.1) is 5.69 Å². The monoisotopic (exact) mass is 283 g/mol. The number of aliphatic hydroxyl groups excluding tert-OH is 1. The van der Waals surface area contributed by atoms with E-state index in [1.807, 2.05) is 6.92 Å². The second kappa shape index (κ2) is 6.69. The van der Waals surface area contributed by atoms with E-state index in [9.17, 15) is 9.18 Å². The predicted molar refractivity (Wildman–Crippen MR) is 79.5 cm³/mol. The maximum Gasteiger partial charge on any atom is 0.255 e. The lowest BCUT2D eigenvalue weighted by molar-refractivity contribution is 0.102. The summed E-state index contributed by atoms with van der Waals surface area (Å²) in [6.07, 6.45) is 0. The van der Waals surface area contributed by atoms with E-state index in [-0.39, 0.29) is 18.2 Å². The van der Waals surface area contributed by atoms with Crippen molar-refractivity contribution in [2.24, 2.45) is 0 Å². The van der Waals surface area contributed by atoms with Crippen molar-refractivity contribution in [3.05, 3.63) is 65.0 Å². The standard InChI is InChI=1S/C17H14FNO2/c1-12-11-14(9-8-13(12)5-4-10-20)17(21)19-16-7-3-2-6-15(16)18/h2-3,6-9,11,20H,10H2,1H3,(H,19,21). The van der Waals surface area contributed by atoms with Gasteiger partial charge in [-0.2, -0.15) is 0 Å². The number of aryl methyl sites for hydroxylation is 1. The Morgan fingerprint density at radius 3 is 2.71 bits per heavy atom. The van der Waals surface area contributed by atoms with Gasteiger partial charge in [0.25, 0.3) is 5.91 Å². The molecule has 0 aliphatic rings. The van der Waals surface area contributed by atoms with Crippen LogP contribution in [0.15, 0.2) is 42.5 Å². The summed E-state index contributed by atoms with van der Waals surface area (Å²) in [5.74, 6) is 4.49. The van der Waals surface area contributed by atoms with Crippen LogP contribution in [0.4, 0.5) is 10.1 Å². The van der Waals surface area contributed by atoms with Crippen LogP contribution in [0.5, 0.6) is 0 Å². The molecule has 21 heavy (non-hydrogen) atoms. The van der Waals surface area contributed by atoms with Crippen LogP contribution in [0.3, 0.4) is 0 Å². The first kappa shape index (κ1) is 14.8. The van der Waals surface area contributed by atoms with Crippen LogP contribution in [-0.2, 0) is 0 Å². The maximum absolute atomic E-state index is 13.5. The Morgan fingerprint density at radius 1 is 1.29 bits per heavy atom. The molecule has 0 saturated carbocycles. The molecule has 0 saturated heterocycles. The fourth-order valence-electron chi connectivity index (χ4n) is 1.84. The van der Waals surface area contributed by atoms with E-state index >= 15 is 0 Å². The van der Waals surface area contributed by atoms with Crippen molar-refractivity contribution in [3.8, 4) is 11.8 Å².